The minimum Gasteiger partial charge on any atom is -0.467 e. The molecule has 0 aliphatic carbocycles. The maximum absolute atomic E-state index is 13.0. The van der Waals surface area contributed by atoms with Gasteiger partial charge in [0.05, 0.1) is 12.8 Å². The monoisotopic (exact) mass is 427 g/mol. The van der Waals surface area contributed by atoms with Gasteiger partial charge in [0.15, 0.2) is 0 Å². The average molecular weight is 428 g/mol. The van der Waals surface area contributed by atoms with E-state index in [1.165, 1.54) is 0 Å². The SMILES string of the molecule is CCn1cc(/C=C(\NC(=O)c2ccc(C)cc2)C(=O)NCc2ccco2)c2ccccc21. The van der Waals surface area contributed by atoms with Crippen LogP contribution < -0.4 is 10.6 Å². The molecule has 6 nitrogen and oxygen atoms in total. The van der Waals surface area contributed by atoms with Crippen molar-refractivity contribution in [3.8, 4) is 0 Å². The average Bonchev–Trinajstić information content (AvgIpc) is 3.45. The van der Waals surface area contributed by atoms with Crippen LogP contribution in [0.1, 0.15) is 34.2 Å². The van der Waals surface area contributed by atoms with Crippen LogP contribution in [0.4, 0.5) is 0 Å². The van der Waals surface area contributed by atoms with E-state index in [4.69, 9.17) is 4.42 Å². The molecule has 32 heavy (non-hydrogen) atoms. The van der Waals surface area contributed by atoms with Crippen molar-refractivity contribution in [2.75, 3.05) is 0 Å². The van der Waals surface area contributed by atoms with E-state index in [0.717, 1.165) is 28.6 Å². The third kappa shape index (κ3) is 4.64. The number of aromatic nitrogens is 1. The third-order valence-corrected chi connectivity index (χ3v) is 5.27. The molecule has 2 N–H and O–H groups in total. The van der Waals surface area contributed by atoms with E-state index in [2.05, 4.69) is 22.1 Å². The van der Waals surface area contributed by atoms with Gasteiger partial charge in [0.2, 0.25) is 0 Å². The molecule has 0 aliphatic heterocycles. The predicted octanol–water partition coefficient (Wildman–Crippen LogP) is 4.65. The van der Waals surface area contributed by atoms with Crippen molar-refractivity contribution < 1.29 is 14.0 Å². The number of para-hydroxylation sites is 1. The summed E-state index contributed by atoms with van der Waals surface area (Å²) in [5.74, 6) is -0.107. The lowest BCUT2D eigenvalue weighted by Crippen LogP contribution is -2.34. The highest BCUT2D eigenvalue weighted by molar-refractivity contribution is 6.06. The van der Waals surface area contributed by atoms with Crippen molar-refractivity contribution in [1.29, 1.82) is 0 Å². The molecule has 2 aromatic heterocycles. The van der Waals surface area contributed by atoms with Crippen LogP contribution in [0.15, 0.2) is 83.2 Å². The first-order chi connectivity index (χ1) is 15.5. The number of nitrogens with one attached hydrogen (secondary N) is 2. The lowest BCUT2D eigenvalue weighted by atomic mass is 10.1. The summed E-state index contributed by atoms with van der Waals surface area (Å²) in [6.07, 6.45) is 5.26. The molecular formula is C26H25N3O3. The van der Waals surface area contributed by atoms with Gasteiger partial charge in [-0.05, 0) is 50.3 Å². The van der Waals surface area contributed by atoms with Gasteiger partial charge in [0.25, 0.3) is 11.8 Å². The van der Waals surface area contributed by atoms with Gasteiger partial charge in [-0.1, -0.05) is 35.9 Å². The molecule has 4 rings (SSSR count). The largest absolute Gasteiger partial charge is 0.467 e. The van der Waals surface area contributed by atoms with Gasteiger partial charge < -0.3 is 19.6 Å². The van der Waals surface area contributed by atoms with Gasteiger partial charge in [0, 0.05) is 34.8 Å². The number of carbonyl (C=O) groups is 2. The topological polar surface area (TPSA) is 76.3 Å². The zero-order valence-electron chi connectivity index (χ0n) is 18.1. The van der Waals surface area contributed by atoms with Crippen LogP contribution in [0.25, 0.3) is 17.0 Å². The fourth-order valence-corrected chi connectivity index (χ4v) is 3.54. The summed E-state index contributed by atoms with van der Waals surface area (Å²) >= 11 is 0. The Morgan fingerprint density at radius 2 is 1.81 bits per heavy atom. The highest BCUT2D eigenvalue weighted by atomic mass is 16.3. The number of amides is 2. The molecule has 0 saturated carbocycles. The van der Waals surface area contributed by atoms with Gasteiger partial charge in [-0.3, -0.25) is 9.59 Å². The Balaban J connectivity index is 1.67. The van der Waals surface area contributed by atoms with Gasteiger partial charge in [-0.2, -0.15) is 0 Å². The first-order valence-electron chi connectivity index (χ1n) is 10.5. The smallest absolute Gasteiger partial charge is 0.268 e. The molecule has 0 saturated heterocycles. The van der Waals surface area contributed by atoms with Gasteiger partial charge in [-0.15, -0.1) is 0 Å². The second-order valence-electron chi connectivity index (χ2n) is 7.53. The Morgan fingerprint density at radius 1 is 1.03 bits per heavy atom. The molecule has 0 unspecified atom stereocenters. The molecule has 0 spiro atoms. The number of fused-ring (bicyclic) bond motifs is 1. The maximum Gasteiger partial charge on any atom is 0.268 e. The van der Waals surface area contributed by atoms with E-state index in [1.807, 2.05) is 49.5 Å². The summed E-state index contributed by atoms with van der Waals surface area (Å²) in [5.41, 5.74) is 3.63. The second kappa shape index (κ2) is 9.39. The van der Waals surface area contributed by atoms with E-state index in [0.29, 0.717) is 11.3 Å². The number of hydrogen-bond acceptors (Lipinski definition) is 3. The second-order valence-corrected chi connectivity index (χ2v) is 7.53. The molecule has 6 heteroatoms. The lowest BCUT2D eigenvalue weighted by molar-refractivity contribution is -0.118. The molecule has 162 valence electrons. The van der Waals surface area contributed by atoms with Gasteiger partial charge in [-0.25, -0.2) is 0 Å². The molecule has 2 heterocycles. The molecule has 0 atom stereocenters. The molecule has 0 radical (unpaired) electrons. The molecular weight excluding hydrogens is 402 g/mol. The van der Waals surface area contributed by atoms with Crippen molar-refractivity contribution in [2.24, 2.45) is 0 Å². The number of rotatable bonds is 7. The van der Waals surface area contributed by atoms with Crippen molar-refractivity contribution in [3.63, 3.8) is 0 Å². The van der Waals surface area contributed by atoms with Crippen LogP contribution >= 0.6 is 0 Å². The first kappa shape index (κ1) is 21.2. The minimum absolute atomic E-state index is 0.168. The molecule has 2 aromatic carbocycles. The number of carbonyl (C=O) groups excluding carboxylic acids is 2. The van der Waals surface area contributed by atoms with E-state index in [-0.39, 0.29) is 18.1 Å². The highest BCUT2D eigenvalue weighted by Gasteiger charge is 2.16. The van der Waals surface area contributed by atoms with Crippen LogP contribution in [0.2, 0.25) is 0 Å². The Morgan fingerprint density at radius 3 is 2.53 bits per heavy atom. The van der Waals surface area contributed by atoms with Crippen molar-refractivity contribution >= 4 is 28.8 Å². The molecule has 0 aliphatic rings. The van der Waals surface area contributed by atoms with Gasteiger partial charge in [0.1, 0.15) is 11.5 Å². The summed E-state index contributed by atoms with van der Waals surface area (Å²) in [6.45, 7) is 5.04. The molecule has 0 bridgehead atoms. The fraction of sp³-hybridized carbons (Fsp3) is 0.154. The summed E-state index contributed by atoms with van der Waals surface area (Å²) in [7, 11) is 0. The number of benzene rings is 2. The summed E-state index contributed by atoms with van der Waals surface area (Å²) < 4.78 is 7.41. The van der Waals surface area contributed by atoms with E-state index in [9.17, 15) is 9.59 Å². The first-order valence-corrected chi connectivity index (χ1v) is 10.5. The number of aryl methyl sites for hydroxylation is 2. The minimum atomic E-state index is -0.393. The normalized spacial score (nSPS) is 11.5. The molecule has 2 amide bonds. The Kier molecular flexibility index (Phi) is 6.22. The van der Waals surface area contributed by atoms with Gasteiger partial charge >= 0.3 is 0 Å². The predicted molar refractivity (Wildman–Crippen MR) is 125 cm³/mol. The molecule has 4 aromatic rings. The Hall–Kier alpha value is -4.06. The fourth-order valence-electron chi connectivity index (χ4n) is 3.54. The van der Waals surface area contributed by atoms with Crippen LogP contribution in [-0.2, 0) is 17.9 Å². The lowest BCUT2D eigenvalue weighted by Gasteiger charge is -2.11. The zero-order valence-corrected chi connectivity index (χ0v) is 18.1. The number of hydrogen-bond donors (Lipinski definition) is 2. The van der Waals surface area contributed by atoms with E-state index in [1.54, 1.807) is 36.6 Å². The van der Waals surface area contributed by atoms with E-state index >= 15 is 0 Å². The molecule has 0 fully saturated rings. The van der Waals surface area contributed by atoms with Crippen molar-refractivity contribution in [1.82, 2.24) is 15.2 Å². The summed E-state index contributed by atoms with van der Waals surface area (Å²) in [6, 6.07) is 18.7. The quantitative estimate of drug-likeness (QED) is 0.422. The van der Waals surface area contributed by atoms with Crippen molar-refractivity contribution in [3.05, 3.63) is 101 Å². The Labute approximate surface area is 186 Å². The van der Waals surface area contributed by atoms with Crippen LogP contribution in [-0.4, -0.2) is 16.4 Å². The summed E-state index contributed by atoms with van der Waals surface area (Å²) in [4.78, 5) is 25.9. The number of furan rings is 1. The Bertz CT molecular complexity index is 1270. The third-order valence-electron chi connectivity index (χ3n) is 5.27. The maximum atomic E-state index is 13.0. The van der Waals surface area contributed by atoms with Crippen LogP contribution in [0.5, 0.6) is 0 Å². The van der Waals surface area contributed by atoms with E-state index < -0.39 is 5.91 Å². The van der Waals surface area contributed by atoms with Crippen LogP contribution in [0.3, 0.4) is 0 Å². The highest BCUT2D eigenvalue weighted by Crippen LogP contribution is 2.23. The summed E-state index contributed by atoms with van der Waals surface area (Å²) in [5, 5.41) is 6.62. The standard InChI is InChI=1S/C26H25N3O3/c1-3-29-17-20(22-8-4-5-9-24(22)29)15-23(26(31)27-16-21-7-6-14-32-21)28-25(30)19-12-10-18(2)11-13-19/h4-15,17H,3,16H2,1-2H3,(H,27,31)(H,28,30)/b23-15-. The van der Waals surface area contributed by atoms with Crippen molar-refractivity contribution in [2.45, 2.75) is 26.9 Å². The van der Waals surface area contributed by atoms with Crippen LogP contribution in [0, 0.1) is 6.92 Å². The number of nitrogens with zero attached hydrogens (tertiary/aromatic N) is 1. The zero-order chi connectivity index (χ0) is 22.5.